The minimum Gasteiger partial charge on any atom is -0.355 e. The average Bonchev–Trinajstić information content (AvgIpc) is 2.67. The van der Waals surface area contributed by atoms with Gasteiger partial charge in [0.05, 0.1) is 21.9 Å². The van der Waals surface area contributed by atoms with Crippen molar-refractivity contribution < 1.29 is 22.6 Å². The van der Waals surface area contributed by atoms with Crippen LogP contribution < -0.4 is 0 Å². The van der Waals surface area contributed by atoms with Crippen LogP contribution in [0.1, 0.15) is 5.56 Å². The molecule has 142 valence electrons. The van der Waals surface area contributed by atoms with Gasteiger partial charge >= 0.3 is 6.18 Å². The molecule has 27 heavy (non-hydrogen) atoms. The maximum Gasteiger partial charge on any atom is 0.416 e. The van der Waals surface area contributed by atoms with Gasteiger partial charge in [-0.25, -0.2) is 4.98 Å². The maximum absolute atomic E-state index is 12.7. The molecule has 3 nitrogen and oxygen atoms in total. The molecule has 0 aliphatic rings. The molecule has 0 spiro atoms. The van der Waals surface area contributed by atoms with Crippen molar-refractivity contribution in [1.29, 1.82) is 0 Å². The molecule has 1 aromatic heterocycles. The molecule has 0 atom stereocenters. The van der Waals surface area contributed by atoms with Crippen molar-refractivity contribution in [2.24, 2.45) is 0 Å². The van der Waals surface area contributed by atoms with Gasteiger partial charge in [-0.1, -0.05) is 24.3 Å². The van der Waals surface area contributed by atoms with Gasteiger partial charge in [-0.2, -0.15) is 13.2 Å². The number of ether oxygens (including phenoxy) is 2. The molecule has 0 unspecified atom stereocenters. The molecule has 1 heterocycles. The third kappa shape index (κ3) is 4.80. The van der Waals surface area contributed by atoms with Crippen molar-refractivity contribution in [3.05, 3.63) is 60.2 Å². The SMILES string of the molecule is COC(CSc1ccc2cc(-c3ccc(C(F)(F)F)cc3)ccc2n1)OC. The summed E-state index contributed by atoms with van der Waals surface area (Å²) < 4.78 is 48.4. The normalized spacial score (nSPS) is 12.1. The highest BCUT2D eigenvalue weighted by Crippen LogP contribution is 2.32. The topological polar surface area (TPSA) is 31.4 Å². The van der Waals surface area contributed by atoms with E-state index in [4.69, 9.17) is 9.47 Å². The van der Waals surface area contributed by atoms with Gasteiger partial charge < -0.3 is 9.47 Å². The number of hydrogen-bond acceptors (Lipinski definition) is 4. The predicted molar refractivity (Wildman–Crippen MR) is 101 cm³/mol. The second-order valence-electron chi connectivity index (χ2n) is 5.84. The maximum atomic E-state index is 12.7. The monoisotopic (exact) mass is 393 g/mol. The summed E-state index contributed by atoms with van der Waals surface area (Å²) in [6, 6.07) is 14.7. The molecule has 3 rings (SSSR count). The standard InChI is InChI=1S/C20H18F3NO2S/c1-25-19(26-2)12-27-18-10-6-15-11-14(5-9-17(15)24-18)13-3-7-16(8-4-13)20(21,22)23/h3-11,19H,12H2,1-2H3. The van der Waals surface area contributed by atoms with Gasteiger partial charge in [-0.05, 0) is 41.5 Å². The molecular formula is C20H18F3NO2S. The lowest BCUT2D eigenvalue weighted by Crippen LogP contribution is -2.15. The fourth-order valence-corrected chi connectivity index (χ4v) is 3.51. The number of nitrogens with zero attached hydrogens (tertiary/aromatic N) is 1. The molecular weight excluding hydrogens is 375 g/mol. The van der Waals surface area contributed by atoms with Gasteiger partial charge in [0.1, 0.15) is 0 Å². The molecule has 0 saturated carbocycles. The van der Waals surface area contributed by atoms with E-state index in [1.807, 2.05) is 30.3 Å². The lowest BCUT2D eigenvalue weighted by molar-refractivity contribution is -0.137. The third-order valence-electron chi connectivity index (χ3n) is 4.10. The molecule has 3 aromatic rings. The molecule has 0 fully saturated rings. The fraction of sp³-hybridized carbons (Fsp3) is 0.250. The highest BCUT2D eigenvalue weighted by molar-refractivity contribution is 7.99. The predicted octanol–water partition coefficient (Wildman–Crippen LogP) is 5.63. The van der Waals surface area contributed by atoms with E-state index in [9.17, 15) is 13.2 Å². The Morgan fingerprint density at radius 1 is 0.926 bits per heavy atom. The van der Waals surface area contributed by atoms with E-state index in [0.29, 0.717) is 5.75 Å². The fourth-order valence-electron chi connectivity index (χ4n) is 2.60. The molecule has 0 saturated heterocycles. The number of hydrogen-bond donors (Lipinski definition) is 0. The van der Waals surface area contributed by atoms with Crippen molar-refractivity contribution in [3.8, 4) is 11.1 Å². The van der Waals surface area contributed by atoms with Crippen molar-refractivity contribution in [2.45, 2.75) is 17.5 Å². The first-order valence-corrected chi connectivity index (χ1v) is 9.16. The number of halogens is 3. The van der Waals surface area contributed by atoms with Crippen LogP contribution in [0.5, 0.6) is 0 Å². The minimum atomic E-state index is -4.33. The molecule has 0 aliphatic heterocycles. The smallest absolute Gasteiger partial charge is 0.355 e. The molecule has 0 aliphatic carbocycles. The molecule has 2 aromatic carbocycles. The van der Waals surface area contributed by atoms with Gasteiger partial charge in [0.25, 0.3) is 0 Å². The summed E-state index contributed by atoms with van der Waals surface area (Å²) in [4.78, 5) is 4.60. The van der Waals surface area contributed by atoms with Crippen LogP contribution in [0.4, 0.5) is 13.2 Å². The number of aromatic nitrogens is 1. The summed E-state index contributed by atoms with van der Waals surface area (Å²) in [6.45, 7) is 0. The molecule has 0 bridgehead atoms. The Morgan fingerprint density at radius 2 is 1.59 bits per heavy atom. The molecule has 0 radical (unpaired) electrons. The number of benzene rings is 2. The third-order valence-corrected chi connectivity index (χ3v) is 5.06. The Labute approximate surface area is 159 Å². The van der Waals surface area contributed by atoms with Crippen LogP contribution in [-0.2, 0) is 15.7 Å². The Balaban J connectivity index is 1.80. The zero-order valence-electron chi connectivity index (χ0n) is 14.8. The van der Waals surface area contributed by atoms with Crippen LogP contribution in [0.2, 0.25) is 0 Å². The largest absolute Gasteiger partial charge is 0.416 e. The number of fused-ring (bicyclic) bond motifs is 1. The van der Waals surface area contributed by atoms with Crippen LogP contribution in [0.15, 0.2) is 59.6 Å². The number of pyridine rings is 1. The molecule has 0 N–H and O–H groups in total. The summed E-state index contributed by atoms with van der Waals surface area (Å²) in [7, 11) is 3.18. The first-order chi connectivity index (χ1) is 12.9. The van der Waals surface area contributed by atoms with Crippen molar-refractivity contribution >= 4 is 22.7 Å². The zero-order chi connectivity index (χ0) is 19.4. The molecule has 0 amide bonds. The van der Waals surface area contributed by atoms with Crippen molar-refractivity contribution in [3.63, 3.8) is 0 Å². The van der Waals surface area contributed by atoms with Crippen LogP contribution in [0.25, 0.3) is 22.0 Å². The first kappa shape index (κ1) is 19.7. The van der Waals surface area contributed by atoms with Crippen LogP contribution >= 0.6 is 11.8 Å². The van der Waals surface area contributed by atoms with Crippen molar-refractivity contribution in [1.82, 2.24) is 4.98 Å². The second kappa shape index (κ2) is 8.29. The van der Waals surface area contributed by atoms with E-state index in [1.54, 1.807) is 14.2 Å². The Hall–Kier alpha value is -2.09. The van der Waals surface area contributed by atoms with Gasteiger partial charge in [-0.3, -0.25) is 0 Å². The van der Waals surface area contributed by atoms with Crippen LogP contribution in [0.3, 0.4) is 0 Å². The van der Waals surface area contributed by atoms with Gasteiger partial charge in [-0.15, -0.1) is 11.8 Å². The van der Waals surface area contributed by atoms with Gasteiger partial charge in [0.15, 0.2) is 6.29 Å². The Kier molecular flexibility index (Phi) is 6.04. The summed E-state index contributed by atoms with van der Waals surface area (Å²) >= 11 is 1.53. The summed E-state index contributed by atoms with van der Waals surface area (Å²) in [5.41, 5.74) is 1.74. The van der Waals surface area contributed by atoms with E-state index in [0.717, 1.165) is 39.2 Å². The summed E-state index contributed by atoms with van der Waals surface area (Å²) in [5, 5.41) is 1.77. The number of methoxy groups -OCH3 is 2. The Bertz CT molecular complexity index is 909. The van der Waals surface area contributed by atoms with E-state index in [-0.39, 0.29) is 6.29 Å². The summed E-state index contributed by atoms with van der Waals surface area (Å²) in [5.74, 6) is 0.620. The lowest BCUT2D eigenvalue weighted by atomic mass is 10.0. The highest BCUT2D eigenvalue weighted by Gasteiger charge is 2.29. The lowest BCUT2D eigenvalue weighted by Gasteiger charge is -2.12. The van der Waals surface area contributed by atoms with E-state index in [2.05, 4.69) is 4.98 Å². The molecule has 7 heteroatoms. The van der Waals surface area contributed by atoms with Crippen LogP contribution in [-0.4, -0.2) is 31.2 Å². The van der Waals surface area contributed by atoms with E-state index in [1.165, 1.54) is 23.9 Å². The second-order valence-corrected chi connectivity index (χ2v) is 6.88. The average molecular weight is 393 g/mol. The zero-order valence-corrected chi connectivity index (χ0v) is 15.6. The first-order valence-electron chi connectivity index (χ1n) is 8.17. The van der Waals surface area contributed by atoms with Crippen LogP contribution in [0, 0.1) is 0 Å². The van der Waals surface area contributed by atoms with Crippen molar-refractivity contribution in [2.75, 3.05) is 20.0 Å². The number of thioether (sulfide) groups is 1. The minimum absolute atomic E-state index is 0.297. The quantitative estimate of drug-likeness (QED) is 0.401. The van der Waals surface area contributed by atoms with E-state index < -0.39 is 11.7 Å². The number of alkyl halides is 3. The van der Waals surface area contributed by atoms with E-state index >= 15 is 0 Å². The number of rotatable bonds is 6. The Morgan fingerprint density at radius 3 is 2.22 bits per heavy atom. The summed E-state index contributed by atoms with van der Waals surface area (Å²) in [6.07, 6.45) is -4.63. The highest BCUT2D eigenvalue weighted by atomic mass is 32.2. The van der Waals surface area contributed by atoms with Gasteiger partial charge in [0.2, 0.25) is 0 Å². The van der Waals surface area contributed by atoms with Gasteiger partial charge in [0, 0.05) is 19.6 Å².